The number of aliphatic hydroxyl groups is 2. The van der Waals surface area contributed by atoms with Gasteiger partial charge in [0.05, 0.1) is 29.0 Å². The summed E-state index contributed by atoms with van der Waals surface area (Å²) < 4.78 is 0. The molecule has 0 saturated carbocycles. The van der Waals surface area contributed by atoms with E-state index in [0.29, 0.717) is 15.7 Å². The second kappa shape index (κ2) is 10.4. The Balaban J connectivity index is 1.96. The van der Waals surface area contributed by atoms with Crippen LogP contribution in [0.15, 0.2) is 47.8 Å². The van der Waals surface area contributed by atoms with Crippen molar-refractivity contribution in [2.75, 3.05) is 18.1 Å². The van der Waals surface area contributed by atoms with Gasteiger partial charge in [0.1, 0.15) is 5.69 Å². The first-order valence-electron chi connectivity index (χ1n) is 8.88. The van der Waals surface area contributed by atoms with Gasteiger partial charge < -0.3 is 15.5 Å². The lowest BCUT2D eigenvalue weighted by Crippen LogP contribution is -2.34. The molecule has 1 unspecified atom stereocenters. The number of nitrogens with one attached hydrogen (secondary N) is 1. The summed E-state index contributed by atoms with van der Waals surface area (Å²) >= 11 is 19.2. The number of anilines is 2. The van der Waals surface area contributed by atoms with Gasteiger partial charge in [0.25, 0.3) is 11.8 Å². The third kappa shape index (κ3) is 5.74. The Hall–Kier alpha value is -2.20. The van der Waals surface area contributed by atoms with E-state index in [9.17, 15) is 14.7 Å². The summed E-state index contributed by atoms with van der Waals surface area (Å²) in [6.07, 6.45) is -1.08. The molecule has 3 aromatic rings. The minimum Gasteiger partial charge on any atom is -0.394 e. The first-order chi connectivity index (χ1) is 14.8. The molecular formula is C20H16Cl3N3O4S. The summed E-state index contributed by atoms with van der Waals surface area (Å²) in [5.41, 5.74) is 0.727. The number of nitrogens with zero attached hydrogens (tertiary/aromatic N) is 2. The Morgan fingerprint density at radius 2 is 1.77 bits per heavy atom. The summed E-state index contributed by atoms with van der Waals surface area (Å²) in [5.74, 6) is -1.02. The largest absolute Gasteiger partial charge is 0.394 e. The molecule has 0 aliphatic heterocycles. The summed E-state index contributed by atoms with van der Waals surface area (Å²) in [4.78, 5) is 31.3. The predicted octanol–water partition coefficient (Wildman–Crippen LogP) is 4.16. The molecule has 2 aromatic carbocycles. The van der Waals surface area contributed by atoms with Crippen molar-refractivity contribution in [2.45, 2.75) is 6.10 Å². The number of aromatic nitrogens is 1. The molecule has 0 fully saturated rings. The number of hydrogen-bond acceptors (Lipinski definition) is 6. The highest BCUT2D eigenvalue weighted by atomic mass is 35.5. The number of halogens is 3. The zero-order valence-electron chi connectivity index (χ0n) is 15.8. The first-order valence-corrected chi connectivity index (χ1v) is 10.9. The van der Waals surface area contributed by atoms with Crippen LogP contribution in [0.5, 0.6) is 0 Å². The minimum atomic E-state index is -1.08. The normalized spacial score (nSPS) is 11.8. The molecule has 2 amide bonds. The van der Waals surface area contributed by atoms with Crippen molar-refractivity contribution in [3.63, 3.8) is 0 Å². The fraction of sp³-hybridized carbons (Fsp3) is 0.150. The number of amides is 2. The second-order valence-corrected chi connectivity index (χ2v) is 8.42. The van der Waals surface area contributed by atoms with Crippen LogP contribution < -0.4 is 10.2 Å². The summed E-state index contributed by atoms with van der Waals surface area (Å²) in [6, 6.07) is 11.0. The van der Waals surface area contributed by atoms with Gasteiger partial charge in [-0.3, -0.25) is 14.5 Å². The van der Waals surface area contributed by atoms with Gasteiger partial charge in [-0.15, -0.1) is 11.3 Å². The molecule has 0 bridgehead atoms. The number of thiazole rings is 1. The number of carbonyl (C=O) groups is 2. The number of aliphatic hydroxyl groups excluding tert-OH is 2. The average Bonchev–Trinajstić information content (AvgIpc) is 3.23. The van der Waals surface area contributed by atoms with Crippen molar-refractivity contribution in [1.82, 2.24) is 10.3 Å². The van der Waals surface area contributed by atoms with Crippen LogP contribution in [-0.2, 0) is 0 Å². The number of hydrogen-bond donors (Lipinski definition) is 3. The minimum absolute atomic E-state index is 0.0547. The maximum atomic E-state index is 13.4. The Morgan fingerprint density at radius 3 is 2.42 bits per heavy atom. The molecule has 11 heteroatoms. The highest BCUT2D eigenvalue weighted by Gasteiger charge is 2.26. The van der Waals surface area contributed by atoms with Crippen LogP contribution in [0.4, 0.5) is 10.8 Å². The Labute approximate surface area is 196 Å². The van der Waals surface area contributed by atoms with Gasteiger partial charge in [-0.1, -0.05) is 34.8 Å². The first kappa shape index (κ1) is 23.5. The zero-order chi connectivity index (χ0) is 22.5. The Bertz CT molecular complexity index is 1090. The van der Waals surface area contributed by atoms with Crippen molar-refractivity contribution >= 4 is 68.8 Å². The van der Waals surface area contributed by atoms with E-state index in [4.69, 9.17) is 39.9 Å². The van der Waals surface area contributed by atoms with E-state index in [-0.39, 0.29) is 28.0 Å². The second-order valence-electron chi connectivity index (χ2n) is 6.30. The van der Waals surface area contributed by atoms with Crippen LogP contribution in [0, 0.1) is 0 Å². The van der Waals surface area contributed by atoms with Gasteiger partial charge >= 0.3 is 0 Å². The van der Waals surface area contributed by atoms with E-state index in [0.717, 1.165) is 11.3 Å². The van der Waals surface area contributed by atoms with Crippen molar-refractivity contribution in [3.05, 3.63) is 74.2 Å². The molecule has 1 aromatic heterocycles. The van der Waals surface area contributed by atoms with Gasteiger partial charge in [-0.2, -0.15) is 0 Å². The Kier molecular flexibility index (Phi) is 7.88. The van der Waals surface area contributed by atoms with Crippen LogP contribution in [-0.4, -0.2) is 46.3 Å². The van der Waals surface area contributed by atoms with Gasteiger partial charge in [-0.05, 0) is 42.5 Å². The maximum absolute atomic E-state index is 13.4. The standard InChI is InChI=1S/C20H16Cl3N3O4S/c21-11-1-4-13(5-2-11)26(19(30)15-6-3-12(22)7-16(15)23)20-25-17(10-31-20)18(29)24-8-14(28)9-27/h1-7,10,14,27-28H,8-9H2,(H,24,29). The van der Waals surface area contributed by atoms with Crippen LogP contribution in [0.2, 0.25) is 15.1 Å². The van der Waals surface area contributed by atoms with Crippen LogP contribution in [0.25, 0.3) is 0 Å². The van der Waals surface area contributed by atoms with Gasteiger partial charge in [0, 0.05) is 22.0 Å². The Morgan fingerprint density at radius 1 is 1.10 bits per heavy atom. The van der Waals surface area contributed by atoms with Crippen LogP contribution >= 0.6 is 46.1 Å². The number of carbonyl (C=O) groups excluding carboxylic acids is 2. The van der Waals surface area contributed by atoms with E-state index in [1.54, 1.807) is 30.3 Å². The summed E-state index contributed by atoms with van der Waals surface area (Å²) in [6.45, 7) is -0.619. The molecule has 3 rings (SSSR count). The quantitative estimate of drug-likeness (QED) is 0.452. The van der Waals surface area contributed by atoms with Crippen molar-refractivity contribution in [3.8, 4) is 0 Å². The lowest BCUT2D eigenvalue weighted by atomic mass is 10.2. The van der Waals surface area contributed by atoms with Gasteiger partial charge in [-0.25, -0.2) is 4.98 Å². The summed E-state index contributed by atoms with van der Waals surface area (Å²) in [7, 11) is 0. The van der Waals surface area contributed by atoms with Crippen molar-refractivity contribution in [2.24, 2.45) is 0 Å². The average molecular weight is 501 g/mol. The number of rotatable bonds is 7. The van der Waals surface area contributed by atoms with E-state index < -0.39 is 24.5 Å². The topological polar surface area (TPSA) is 103 Å². The molecule has 31 heavy (non-hydrogen) atoms. The molecule has 0 radical (unpaired) electrons. The van der Waals surface area contributed by atoms with Gasteiger partial charge in [0.15, 0.2) is 5.13 Å². The van der Waals surface area contributed by atoms with E-state index >= 15 is 0 Å². The molecule has 7 nitrogen and oxygen atoms in total. The molecule has 0 aliphatic carbocycles. The highest BCUT2D eigenvalue weighted by molar-refractivity contribution is 7.14. The van der Waals surface area contributed by atoms with Crippen molar-refractivity contribution in [1.29, 1.82) is 0 Å². The van der Waals surface area contributed by atoms with E-state index in [2.05, 4.69) is 10.3 Å². The summed E-state index contributed by atoms with van der Waals surface area (Å²) in [5, 5.41) is 23.5. The van der Waals surface area contributed by atoms with Crippen LogP contribution in [0.1, 0.15) is 20.8 Å². The predicted molar refractivity (Wildman–Crippen MR) is 122 cm³/mol. The molecule has 0 saturated heterocycles. The third-order valence-corrected chi connectivity index (χ3v) is 5.70. The highest BCUT2D eigenvalue weighted by Crippen LogP contribution is 2.33. The molecule has 1 atom stereocenters. The van der Waals surface area contributed by atoms with Crippen molar-refractivity contribution < 1.29 is 19.8 Å². The van der Waals surface area contributed by atoms with Crippen LogP contribution in [0.3, 0.4) is 0 Å². The van der Waals surface area contributed by atoms with Gasteiger partial charge in [0.2, 0.25) is 0 Å². The SMILES string of the molecule is O=C(NCC(O)CO)c1csc(N(C(=O)c2ccc(Cl)cc2Cl)c2ccc(Cl)cc2)n1. The fourth-order valence-corrected chi connectivity index (χ4v) is 3.96. The molecule has 0 aliphatic rings. The smallest absolute Gasteiger partial charge is 0.270 e. The van der Waals surface area contributed by atoms with E-state index in [1.165, 1.54) is 22.4 Å². The molecule has 0 spiro atoms. The molecular weight excluding hydrogens is 485 g/mol. The maximum Gasteiger partial charge on any atom is 0.270 e. The molecule has 1 heterocycles. The lowest BCUT2D eigenvalue weighted by molar-refractivity contribution is 0.0799. The number of benzene rings is 2. The van der Waals surface area contributed by atoms with E-state index in [1.807, 2.05) is 0 Å². The fourth-order valence-electron chi connectivity index (χ4n) is 2.52. The monoisotopic (exact) mass is 499 g/mol. The molecule has 3 N–H and O–H groups in total. The third-order valence-electron chi connectivity index (χ3n) is 4.07. The molecule has 162 valence electrons. The zero-order valence-corrected chi connectivity index (χ0v) is 18.8. The lowest BCUT2D eigenvalue weighted by Gasteiger charge is -2.21.